The molecule has 1 fully saturated rings. The van der Waals surface area contributed by atoms with Gasteiger partial charge in [0.05, 0.1) is 11.9 Å². The van der Waals surface area contributed by atoms with E-state index in [9.17, 15) is 13.2 Å². The van der Waals surface area contributed by atoms with Gasteiger partial charge in [0.25, 0.3) is 0 Å². The van der Waals surface area contributed by atoms with Crippen molar-refractivity contribution in [2.24, 2.45) is 0 Å². The quantitative estimate of drug-likeness (QED) is 0.817. The fourth-order valence-electron chi connectivity index (χ4n) is 2.96. The molecule has 1 heterocycles. The Morgan fingerprint density at radius 2 is 1.71 bits per heavy atom. The minimum absolute atomic E-state index is 0.147. The summed E-state index contributed by atoms with van der Waals surface area (Å²) in [6.45, 7) is 8.45. The maximum Gasteiger partial charge on any atom is 0.246 e. The van der Waals surface area contributed by atoms with Gasteiger partial charge in [-0.05, 0) is 51.1 Å². The van der Waals surface area contributed by atoms with Crippen LogP contribution < -0.4 is 4.31 Å². The lowest BCUT2D eigenvalue weighted by atomic mass is 10.1. The molecule has 0 bridgehead atoms. The van der Waals surface area contributed by atoms with E-state index in [0.29, 0.717) is 18.8 Å². The topological polar surface area (TPSA) is 60.9 Å². The molecular weight excluding hydrogens is 326 g/mol. The molecule has 1 amide bonds. The first kappa shape index (κ1) is 18.7. The van der Waals surface area contributed by atoms with E-state index in [-0.39, 0.29) is 5.91 Å². The summed E-state index contributed by atoms with van der Waals surface area (Å²) in [5, 5.41) is 0. The highest BCUT2D eigenvalue weighted by Crippen LogP contribution is 2.24. The van der Waals surface area contributed by atoms with Crippen LogP contribution in [0.5, 0.6) is 0 Å². The summed E-state index contributed by atoms with van der Waals surface area (Å²) in [5.41, 5.74) is 2.63. The normalized spacial score (nSPS) is 17.6. The zero-order valence-corrected chi connectivity index (χ0v) is 15.9. The monoisotopic (exact) mass is 353 g/mol. The number of benzene rings is 1. The molecule has 0 saturated carbocycles. The molecule has 0 unspecified atom stereocenters. The number of hydrogen-bond acceptors (Lipinski definition) is 4. The average Bonchev–Trinajstić information content (AvgIpc) is 2.49. The number of carbonyl (C=O) groups excluding carboxylic acids is 1. The summed E-state index contributed by atoms with van der Waals surface area (Å²) >= 11 is 0. The number of aryl methyl sites for hydroxylation is 2. The second kappa shape index (κ2) is 7.11. The predicted octanol–water partition coefficient (Wildman–Crippen LogP) is 1.23. The summed E-state index contributed by atoms with van der Waals surface area (Å²) < 4.78 is 25.9. The van der Waals surface area contributed by atoms with Gasteiger partial charge in [0, 0.05) is 26.2 Å². The molecule has 2 rings (SSSR count). The van der Waals surface area contributed by atoms with Gasteiger partial charge in [0.15, 0.2) is 0 Å². The molecule has 0 aromatic heterocycles. The second-order valence-corrected chi connectivity index (χ2v) is 8.49. The van der Waals surface area contributed by atoms with Crippen LogP contribution >= 0.6 is 0 Å². The van der Waals surface area contributed by atoms with Crippen molar-refractivity contribution in [1.29, 1.82) is 0 Å². The van der Waals surface area contributed by atoms with Crippen LogP contribution in [0.25, 0.3) is 0 Å². The fraction of sp³-hybridized carbons (Fsp3) is 0.588. The molecule has 134 valence electrons. The first-order chi connectivity index (χ1) is 11.1. The largest absolute Gasteiger partial charge is 0.338 e. The summed E-state index contributed by atoms with van der Waals surface area (Å²) in [7, 11) is -1.55. The number of amides is 1. The number of rotatable bonds is 4. The van der Waals surface area contributed by atoms with Crippen LogP contribution in [-0.2, 0) is 14.8 Å². The molecule has 1 aromatic carbocycles. The van der Waals surface area contributed by atoms with E-state index >= 15 is 0 Å². The molecular formula is C17H27N3O3S. The van der Waals surface area contributed by atoms with Gasteiger partial charge in [-0.25, -0.2) is 8.42 Å². The minimum atomic E-state index is -3.57. The molecule has 1 aliphatic heterocycles. The molecule has 1 aliphatic rings. The van der Waals surface area contributed by atoms with Gasteiger partial charge in [-0.1, -0.05) is 6.07 Å². The first-order valence-electron chi connectivity index (χ1n) is 8.15. The third kappa shape index (κ3) is 4.08. The number of nitrogens with zero attached hydrogens (tertiary/aromatic N) is 3. The van der Waals surface area contributed by atoms with Crippen molar-refractivity contribution in [1.82, 2.24) is 9.80 Å². The number of sulfonamides is 1. The number of anilines is 1. The molecule has 0 radical (unpaired) electrons. The summed E-state index contributed by atoms with van der Waals surface area (Å²) in [5.74, 6) is -0.147. The van der Waals surface area contributed by atoms with Gasteiger partial charge in [-0.15, -0.1) is 0 Å². The lowest BCUT2D eigenvalue weighted by Crippen LogP contribution is -2.54. The van der Waals surface area contributed by atoms with E-state index < -0.39 is 16.1 Å². The molecule has 0 N–H and O–H groups in total. The summed E-state index contributed by atoms with van der Waals surface area (Å²) in [6.07, 6.45) is 1.15. The van der Waals surface area contributed by atoms with Crippen molar-refractivity contribution in [3.8, 4) is 0 Å². The van der Waals surface area contributed by atoms with Gasteiger partial charge in [-0.2, -0.15) is 0 Å². The van der Waals surface area contributed by atoms with E-state index in [2.05, 4.69) is 4.90 Å². The first-order valence-corrected chi connectivity index (χ1v) is 10.00. The van der Waals surface area contributed by atoms with Crippen molar-refractivity contribution in [3.05, 3.63) is 29.3 Å². The predicted molar refractivity (Wildman–Crippen MR) is 96.8 cm³/mol. The van der Waals surface area contributed by atoms with Crippen molar-refractivity contribution < 1.29 is 13.2 Å². The van der Waals surface area contributed by atoms with Gasteiger partial charge in [-0.3, -0.25) is 9.10 Å². The third-order valence-electron chi connectivity index (χ3n) is 4.63. The van der Waals surface area contributed by atoms with E-state index in [4.69, 9.17) is 0 Å². The van der Waals surface area contributed by atoms with Crippen LogP contribution in [0.15, 0.2) is 18.2 Å². The Bertz CT molecular complexity index is 710. The van der Waals surface area contributed by atoms with E-state index in [1.165, 1.54) is 4.31 Å². The minimum Gasteiger partial charge on any atom is -0.338 e. The van der Waals surface area contributed by atoms with Crippen molar-refractivity contribution >= 4 is 21.6 Å². The fourth-order valence-corrected chi connectivity index (χ4v) is 4.12. The van der Waals surface area contributed by atoms with Gasteiger partial charge in [0.2, 0.25) is 15.9 Å². The van der Waals surface area contributed by atoms with Crippen LogP contribution in [-0.4, -0.2) is 69.6 Å². The summed E-state index contributed by atoms with van der Waals surface area (Å²) in [4.78, 5) is 16.7. The number of hydrogen-bond donors (Lipinski definition) is 0. The standard InChI is InChI=1S/C17H27N3O3S/c1-13-6-7-16(12-14(13)2)20(24(5,22)23)15(3)17(21)19-10-8-18(4)9-11-19/h6-7,12,15H,8-11H2,1-5H3/t15-/m1/s1. The maximum absolute atomic E-state index is 12.8. The molecule has 6 nitrogen and oxygen atoms in total. The van der Waals surface area contributed by atoms with Crippen molar-refractivity contribution in [3.63, 3.8) is 0 Å². The Morgan fingerprint density at radius 3 is 2.21 bits per heavy atom. The molecule has 0 spiro atoms. The number of piperazine rings is 1. The van der Waals surface area contributed by atoms with Crippen LogP contribution in [0.4, 0.5) is 5.69 Å². The second-order valence-electron chi connectivity index (χ2n) is 6.63. The van der Waals surface area contributed by atoms with E-state index in [0.717, 1.165) is 30.5 Å². The molecule has 1 saturated heterocycles. The zero-order valence-electron chi connectivity index (χ0n) is 15.1. The molecule has 24 heavy (non-hydrogen) atoms. The number of carbonyl (C=O) groups is 1. The maximum atomic E-state index is 12.8. The highest BCUT2D eigenvalue weighted by Gasteiger charge is 2.33. The smallest absolute Gasteiger partial charge is 0.246 e. The molecule has 1 atom stereocenters. The van der Waals surface area contributed by atoms with Crippen LogP contribution in [0, 0.1) is 13.8 Å². The van der Waals surface area contributed by atoms with Crippen molar-refractivity contribution in [2.75, 3.05) is 43.8 Å². The SMILES string of the molecule is Cc1ccc(N([C@H](C)C(=O)N2CCN(C)CC2)S(C)(=O)=O)cc1C. The highest BCUT2D eigenvalue weighted by molar-refractivity contribution is 7.92. The average molecular weight is 353 g/mol. The lowest BCUT2D eigenvalue weighted by molar-refractivity contribution is -0.133. The lowest BCUT2D eigenvalue weighted by Gasteiger charge is -2.37. The molecule has 0 aliphatic carbocycles. The Morgan fingerprint density at radius 1 is 1.12 bits per heavy atom. The third-order valence-corrected chi connectivity index (χ3v) is 5.87. The molecule has 7 heteroatoms. The van der Waals surface area contributed by atoms with E-state index in [1.54, 1.807) is 17.9 Å². The Kier molecular flexibility index (Phi) is 5.55. The van der Waals surface area contributed by atoms with Crippen LogP contribution in [0.3, 0.4) is 0 Å². The Hall–Kier alpha value is -1.60. The zero-order chi connectivity index (χ0) is 18.1. The molecule has 1 aromatic rings. The van der Waals surface area contributed by atoms with Gasteiger partial charge < -0.3 is 9.80 Å². The highest BCUT2D eigenvalue weighted by atomic mass is 32.2. The van der Waals surface area contributed by atoms with Gasteiger partial charge in [0.1, 0.15) is 6.04 Å². The Balaban J connectivity index is 2.30. The van der Waals surface area contributed by atoms with Crippen LogP contribution in [0.1, 0.15) is 18.1 Å². The summed E-state index contributed by atoms with van der Waals surface area (Å²) in [6, 6.07) is 4.71. The van der Waals surface area contributed by atoms with E-state index in [1.807, 2.05) is 33.0 Å². The van der Waals surface area contributed by atoms with Gasteiger partial charge >= 0.3 is 0 Å². The Labute approximate surface area is 145 Å². The number of likely N-dealkylation sites (N-methyl/N-ethyl adjacent to an activating group) is 1. The van der Waals surface area contributed by atoms with Crippen LogP contribution in [0.2, 0.25) is 0 Å². The van der Waals surface area contributed by atoms with Crippen molar-refractivity contribution in [2.45, 2.75) is 26.8 Å².